The van der Waals surface area contributed by atoms with E-state index in [-0.39, 0.29) is 30.1 Å². The first kappa shape index (κ1) is 15.8. The average molecular weight is 283 g/mol. The number of aliphatic hydroxyl groups excluding tert-OH is 1. The lowest BCUT2D eigenvalue weighted by molar-refractivity contribution is -0.137. The highest BCUT2D eigenvalue weighted by atomic mass is 16.5. The molecule has 0 heterocycles. The molecule has 0 radical (unpaired) electrons. The van der Waals surface area contributed by atoms with Crippen LogP contribution in [0, 0.1) is 11.8 Å². The van der Waals surface area contributed by atoms with Crippen molar-refractivity contribution >= 4 is 5.91 Å². The van der Waals surface area contributed by atoms with E-state index in [2.05, 4.69) is 12.2 Å². The summed E-state index contributed by atoms with van der Waals surface area (Å²) in [6, 6.07) is 0. The molecule has 0 aromatic heterocycles. The van der Waals surface area contributed by atoms with Crippen LogP contribution in [0.1, 0.15) is 58.8 Å². The fourth-order valence-corrected chi connectivity index (χ4v) is 3.48. The highest BCUT2D eigenvalue weighted by Crippen LogP contribution is 2.27. The second kappa shape index (κ2) is 7.41. The van der Waals surface area contributed by atoms with Gasteiger partial charge in [-0.3, -0.25) is 4.79 Å². The van der Waals surface area contributed by atoms with Crippen LogP contribution in [-0.4, -0.2) is 35.9 Å². The van der Waals surface area contributed by atoms with Crippen LogP contribution in [0.25, 0.3) is 0 Å². The van der Waals surface area contributed by atoms with E-state index in [1.165, 1.54) is 12.8 Å². The van der Waals surface area contributed by atoms with Gasteiger partial charge < -0.3 is 15.2 Å². The second-order valence-electron chi connectivity index (χ2n) is 6.68. The SMILES string of the molecule is CC1CCCC(OC(C)C(=O)NCC2CCCC2O)C1. The van der Waals surface area contributed by atoms with Crippen molar-refractivity contribution in [2.24, 2.45) is 11.8 Å². The molecular formula is C16H29NO3. The predicted molar refractivity (Wildman–Crippen MR) is 78.3 cm³/mol. The maximum Gasteiger partial charge on any atom is 0.248 e. The number of hydrogen-bond acceptors (Lipinski definition) is 3. The van der Waals surface area contributed by atoms with Crippen LogP contribution in [-0.2, 0) is 9.53 Å². The van der Waals surface area contributed by atoms with Crippen molar-refractivity contribution in [3.63, 3.8) is 0 Å². The van der Waals surface area contributed by atoms with Gasteiger partial charge in [0, 0.05) is 12.5 Å². The van der Waals surface area contributed by atoms with Crippen molar-refractivity contribution in [1.82, 2.24) is 5.32 Å². The molecule has 0 aromatic carbocycles. The van der Waals surface area contributed by atoms with Crippen molar-refractivity contribution < 1.29 is 14.6 Å². The predicted octanol–water partition coefficient (Wildman–Crippen LogP) is 2.25. The Bertz CT molecular complexity index is 321. The van der Waals surface area contributed by atoms with Gasteiger partial charge in [-0.2, -0.15) is 0 Å². The zero-order chi connectivity index (χ0) is 14.5. The third-order valence-corrected chi connectivity index (χ3v) is 4.81. The Morgan fingerprint density at radius 2 is 2.05 bits per heavy atom. The summed E-state index contributed by atoms with van der Waals surface area (Å²) >= 11 is 0. The lowest BCUT2D eigenvalue weighted by atomic mass is 9.88. The van der Waals surface area contributed by atoms with Crippen LogP contribution in [0.4, 0.5) is 0 Å². The largest absolute Gasteiger partial charge is 0.393 e. The molecule has 0 aliphatic heterocycles. The highest BCUT2D eigenvalue weighted by molar-refractivity contribution is 5.80. The Morgan fingerprint density at radius 1 is 1.30 bits per heavy atom. The fourth-order valence-electron chi connectivity index (χ4n) is 3.48. The first-order valence-electron chi connectivity index (χ1n) is 8.17. The Labute approximate surface area is 122 Å². The quantitative estimate of drug-likeness (QED) is 0.813. The van der Waals surface area contributed by atoms with Crippen molar-refractivity contribution in [2.75, 3.05) is 6.54 Å². The zero-order valence-electron chi connectivity index (χ0n) is 12.8. The van der Waals surface area contributed by atoms with Gasteiger partial charge in [-0.15, -0.1) is 0 Å². The van der Waals surface area contributed by atoms with E-state index in [0.29, 0.717) is 12.5 Å². The van der Waals surface area contributed by atoms with Crippen LogP contribution in [0.5, 0.6) is 0 Å². The summed E-state index contributed by atoms with van der Waals surface area (Å²) in [5.41, 5.74) is 0. The molecule has 2 fully saturated rings. The summed E-state index contributed by atoms with van der Waals surface area (Å²) in [6.45, 7) is 4.66. The van der Waals surface area contributed by atoms with E-state index >= 15 is 0 Å². The molecule has 20 heavy (non-hydrogen) atoms. The Kier molecular flexibility index (Phi) is 5.85. The Balaban J connectivity index is 1.68. The molecule has 2 rings (SSSR count). The zero-order valence-corrected chi connectivity index (χ0v) is 12.8. The first-order valence-corrected chi connectivity index (χ1v) is 8.17. The third-order valence-electron chi connectivity index (χ3n) is 4.81. The molecule has 116 valence electrons. The number of amides is 1. The molecule has 4 heteroatoms. The van der Waals surface area contributed by atoms with Crippen molar-refractivity contribution in [1.29, 1.82) is 0 Å². The van der Waals surface area contributed by atoms with Gasteiger partial charge in [0.2, 0.25) is 5.91 Å². The summed E-state index contributed by atoms with van der Waals surface area (Å²) in [6.07, 6.45) is 7.17. The third kappa shape index (κ3) is 4.45. The number of carbonyl (C=O) groups excluding carboxylic acids is 1. The number of aliphatic hydroxyl groups is 1. The van der Waals surface area contributed by atoms with Gasteiger partial charge in [0.1, 0.15) is 6.10 Å². The lowest BCUT2D eigenvalue weighted by Crippen LogP contribution is -2.40. The number of carbonyl (C=O) groups is 1. The molecule has 1 amide bonds. The Hall–Kier alpha value is -0.610. The van der Waals surface area contributed by atoms with Crippen LogP contribution in [0.3, 0.4) is 0 Å². The molecule has 5 unspecified atom stereocenters. The summed E-state index contributed by atoms with van der Waals surface area (Å²) in [7, 11) is 0. The molecule has 0 bridgehead atoms. The Morgan fingerprint density at radius 3 is 2.70 bits per heavy atom. The lowest BCUT2D eigenvalue weighted by Gasteiger charge is -2.29. The minimum Gasteiger partial charge on any atom is -0.393 e. The molecule has 2 aliphatic carbocycles. The monoisotopic (exact) mass is 283 g/mol. The maximum atomic E-state index is 12.0. The summed E-state index contributed by atoms with van der Waals surface area (Å²) in [5.74, 6) is 0.890. The second-order valence-corrected chi connectivity index (χ2v) is 6.68. The van der Waals surface area contributed by atoms with Crippen molar-refractivity contribution in [3.05, 3.63) is 0 Å². The molecule has 2 saturated carbocycles. The maximum absolute atomic E-state index is 12.0. The van der Waals surface area contributed by atoms with Crippen LogP contribution in [0.2, 0.25) is 0 Å². The van der Waals surface area contributed by atoms with E-state index in [1.807, 2.05) is 6.92 Å². The van der Waals surface area contributed by atoms with E-state index in [4.69, 9.17) is 4.74 Å². The average Bonchev–Trinajstić information content (AvgIpc) is 2.81. The van der Waals surface area contributed by atoms with Crippen LogP contribution < -0.4 is 5.32 Å². The number of nitrogens with one attached hydrogen (secondary N) is 1. The number of hydrogen-bond donors (Lipinski definition) is 2. The molecule has 0 aromatic rings. The highest BCUT2D eigenvalue weighted by Gasteiger charge is 2.27. The van der Waals surface area contributed by atoms with Gasteiger partial charge in [-0.25, -0.2) is 0 Å². The minimum absolute atomic E-state index is 0.0395. The standard InChI is InChI=1S/C16H29NO3/c1-11-5-3-7-14(9-11)20-12(2)16(19)17-10-13-6-4-8-15(13)18/h11-15,18H,3-10H2,1-2H3,(H,17,19). The normalized spacial score (nSPS) is 35.8. The molecule has 2 N–H and O–H groups in total. The topological polar surface area (TPSA) is 58.6 Å². The van der Waals surface area contributed by atoms with E-state index < -0.39 is 0 Å². The fraction of sp³-hybridized carbons (Fsp3) is 0.938. The number of ether oxygens (including phenoxy) is 1. The molecule has 0 saturated heterocycles. The van der Waals surface area contributed by atoms with Gasteiger partial charge in [0.15, 0.2) is 0 Å². The van der Waals surface area contributed by atoms with Gasteiger partial charge >= 0.3 is 0 Å². The molecule has 2 aliphatic rings. The van der Waals surface area contributed by atoms with E-state index in [9.17, 15) is 9.90 Å². The smallest absolute Gasteiger partial charge is 0.248 e. The molecule has 0 spiro atoms. The summed E-state index contributed by atoms with van der Waals surface area (Å²) in [5, 5.41) is 12.7. The van der Waals surface area contributed by atoms with Gasteiger partial charge in [0.05, 0.1) is 12.2 Å². The van der Waals surface area contributed by atoms with Gasteiger partial charge in [-0.1, -0.05) is 26.2 Å². The van der Waals surface area contributed by atoms with Crippen LogP contribution in [0.15, 0.2) is 0 Å². The molecular weight excluding hydrogens is 254 g/mol. The van der Waals surface area contributed by atoms with Crippen molar-refractivity contribution in [2.45, 2.75) is 77.1 Å². The van der Waals surface area contributed by atoms with Gasteiger partial charge in [0.25, 0.3) is 0 Å². The van der Waals surface area contributed by atoms with E-state index in [1.54, 1.807) is 0 Å². The summed E-state index contributed by atoms with van der Waals surface area (Å²) < 4.78 is 5.89. The van der Waals surface area contributed by atoms with Crippen LogP contribution >= 0.6 is 0 Å². The molecule has 4 nitrogen and oxygen atoms in total. The summed E-state index contributed by atoms with van der Waals surface area (Å²) in [4.78, 5) is 12.0. The minimum atomic E-state index is -0.385. The van der Waals surface area contributed by atoms with E-state index in [0.717, 1.165) is 32.1 Å². The molecule has 5 atom stereocenters. The van der Waals surface area contributed by atoms with Crippen molar-refractivity contribution in [3.8, 4) is 0 Å². The van der Waals surface area contributed by atoms with Gasteiger partial charge in [-0.05, 0) is 38.5 Å². The first-order chi connectivity index (χ1) is 9.56. The number of rotatable bonds is 5.